The summed E-state index contributed by atoms with van der Waals surface area (Å²) in [6.45, 7) is 8.23. The quantitative estimate of drug-likeness (QED) is 0.359. The number of nitrogens with two attached hydrogens (primary N) is 1. The van der Waals surface area contributed by atoms with Crippen LogP contribution in [-0.4, -0.2) is 20.3 Å². The number of aryl methyl sites for hydroxylation is 2. The van der Waals surface area contributed by atoms with Gasteiger partial charge in [-0.2, -0.15) is 5.10 Å². The van der Waals surface area contributed by atoms with E-state index in [1.54, 1.807) is 0 Å². The van der Waals surface area contributed by atoms with Gasteiger partial charge in [0.2, 0.25) is 0 Å². The summed E-state index contributed by atoms with van der Waals surface area (Å²) in [5.74, 6) is -0.0277. The van der Waals surface area contributed by atoms with E-state index < -0.39 is 0 Å². The Hall–Kier alpha value is -3.64. The summed E-state index contributed by atoms with van der Waals surface area (Å²) >= 11 is 0. The lowest BCUT2D eigenvalue weighted by molar-refractivity contribution is 0.0950. The molecule has 1 saturated carbocycles. The average Bonchev–Trinajstić information content (AvgIpc) is 3.38. The van der Waals surface area contributed by atoms with E-state index >= 15 is 0 Å². The maximum atomic E-state index is 13.1. The summed E-state index contributed by atoms with van der Waals surface area (Å²) in [7, 11) is 0. The maximum Gasteiger partial charge on any atom is 0.253 e. The summed E-state index contributed by atoms with van der Waals surface area (Å²) in [5.41, 5.74) is 14.9. The van der Waals surface area contributed by atoms with E-state index in [1.165, 1.54) is 16.7 Å². The zero-order chi connectivity index (χ0) is 25.3. The van der Waals surface area contributed by atoms with Gasteiger partial charge in [0, 0.05) is 36.2 Å². The van der Waals surface area contributed by atoms with Crippen LogP contribution in [0.1, 0.15) is 69.3 Å². The first-order valence-electron chi connectivity index (χ1n) is 12.8. The third-order valence-electron chi connectivity index (χ3n) is 7.24. The molecule has 1 fully saturated rings. The first kappa shape index (κ1) is 24.1. The first-order valence-corrected chi connectivity index (χ1v) is 12.8. The van der Waals surface area contributed by atoms with Crippen molar-refractivity contribution in [3.05, 3.63) is 112 Å². The molecule has 0 bridgehead atoms. The molecule has 1 aliphatic rings. The normalized spacial score (nSPS) is 14.1. The fourth-order valence-corrected chi connectivity index (χ4v) is 4.85. The molecule has 0 saturated heterocycles. The van der Waals surface area contributed by atoms with Crippen molar-refractivity contribution < 1.29 is 4.79 Å². The number of carbonyl (C=O) groups excluding carboxylic acids is 1. The molecule has 0 spiro atoms. The summed E-state index contributed by atoms with van der Waals surface area (Å²) in [5, 5.41) is 7.48. The molecule has 0 unspecified atom stereocenters. The molecule has 2 aromatic carbocycles. The van der Waals surface area contributed by atoms with Gasteiger partial charge in [0.05, 0.1) is 18.3 Å². The molecule has 186 valence electrons. The monoisotopic (exact) mass is 481 g/mol. The van der Waals surface area contributed by atoms with Gasteiger partial charge in [0.1, 0.15) is 0 Å². The molecule has 2 aromatic heterocycles. The highest BCUT2D eigenvalue weighted by atomic mass is 16.1. The van der Waals surface area contributed by atoms with Gasteiger partial charge in [-0.15, -0.1) is 0 Å². The molecular weight excluding hydrogens is 446 g/mol. The number of aromatic nitrogens is 3. The number of hydrogen-bond acceptors (Lipinski definition) is 3. The third-order valence-corrected chi connectivity index (χ3v) is 7.24. The van der Waals surface area contributed by atoms with Gasteiger partial charge in [-0.05, 0) is 67.0 Å². The average molecular weight is 482 g/mol. The number of amides is 1. The molecule has 0 atom stereocenters. The van der Waals surface area contributed by atoms with Crippen LogP contribution in [0, 0.1) is 13.8 Å². The minimum absolute atomic E-state index is 0.0277. The van der Waals surface area contributed by atoms with Crippen LogP contribution in [0.5, 0.6) is 0 Å². The lowest BCUT2D eigenvalue weighted by Crippen LogP contribution is -2.24. The van der Waals surface area contributed by atoms with Crippen molar-refractivity contribution in [2.45, 2.75) is 65.2 Å². The van der Waals surface area contributed by atoms with Crippen LogP contribution in [-0.2, 0) is 31.6 Å². The van der Waals surface area contributed by atoms with E-state index in [-0.39, 0.29) is 11.4 Å². The second kappa shape index (κ2) is 9.78. The number of nitrogens with zero attached hydrogens (tertiary/aromatic N) is 3. The molecule has 4 aromatic rings. The second-order valence-corrected chi connectivity index (χ2v) is 10.2. The van der Waals surface area contributed by atoms with Crippen LogP contribution in [0.2, 0.25) is 0 Å². The largest absolute Gasteiger partial charge is 0.348 e. The van der Waals surface area contributed by atoms with Crippen LogP contribution in [0.25, 0.3) is 0 Å². The molecule has 1 amide bonds. The van der Waals surface area contributed by atoms with Crippen LogP contribution in [0.4, 0.5) is 0 Å². The van der Waals surface area contributed by atoms with Gasteiger partial charge in [-0.1, -0.05) is 55.5 Å². The first-order chi connectivity index (χ1) is 17.3. The van der Waals surface area contributed by atoms with Crippen molar-refractivity contribution in [3.63, 3.8) is 0 Å². The highest BCUT2D eigenvalue weighted by Crippen LogP contribution is 2.42. The molecule has 2 heterocycles. The number of hydrogen-bond donors (Lipinski definition) is 2. The number of rotatable bonds is 9. The Balaban J connectivity index is 1.24. The molecule has 0 aliphatic heterocycles. The van der Waals surface area contributed by atoms with Gasteiger partial charge < -0.3 is 15.6 Å². The lowest BCUT2D eigenvalue weighted by atomic mass is 10.0. The highest BCUT2D eigenvalue weighted by Gasteiger charge is 2.39. The third kappa shape index (κ3) is 5.14. The molecule has 6 nitrogen and oxygen atoms in total. The van der Waals surface area contributed by atoms with Crippen LogP contribution >= 0.6 is 0 Å². The van der Waals surface area contributed by atoms with Gasteiger partial charge in [0.25, 0.3) is 5.91 Å². The zero-order valence-corrected chi connectivity index (χ0v) is 21.4. The van der Waals surface area contributed by atoms with Crippen LogP contribution < -0.4 is 11.1 Å². The Morgan fingerprint density at radius 2 is 1.64 bits per heavy atom. The number of nitrogens with one attached hydrogen (secondary N) is 1. The maximum absolute atomic E-state index is 13.1. The number of carbonyl (C=O) groups is 1. The Labute approximate surface area is 213 Å². The second-order valence-electron chi connectivity index (χ2n) is 10.2. The molecular formula is C30H35N5O. The van der Waals surface area contributed by atoms with Crippen molar-refractivity contribution in [1.29, 1.82) is 0 Å². The van der Waals surface area contributed by atoms with E-state index in [2.05, 4.69) is 83.6 Å². The highest BCUT2D eigenvalue weighted by molar-refractivity contribution is 5.95. The van der Waals surface area contributed by atoms with Crippen LogP contribution in [0.15, 0.2) is 67.0 Å². The smallest absolute Gasteiger partial charge is 0.253 e. The standard InChI is InChI=1S/C30H35N5O/c1-4-28-27(29(36)32-17-23-9-11-26(12-10-23)30(31)13-14-30)15-22(3)35(28)20-25-7-5-24(6-8-25)19-34-18-21(2)16-33-34/h5-12,15-16,18H,4,13-14,17,19-20,31H2,1-3H3,(H,32,36). The molecule has 5 rings (SSSR count). The summed E-state index contributed by atoms with van der Waals surface area (Å²) in [4.78, 5) is 13.1. The van der Waals surface area contributed by atoms with E-state index in [0.717, 1.165) is 60.4 Å². The van der Waals surface area contributed by atoms with Crippen molar-refractivity contribution in [3.8, 4) is 0 Å². The SMILES string of the molecule is CCc1c(C(=O)NCc2ccc(C3(N)CC3)cc2)cc(C)n1Cc1ccc(Cn2cc(C)cn2)cc1. The van der Waals surface area contributed by atoms with Crippen molar-refractivity contribution in [2.24, 2.45) is 5.73 Å². The van der Waals surface area contributed by atoms with E-state index in [4.69, 9.17) is 5.73 Å². The predicted octanol–water partition coefficient (Wildman–Crippen LogP) is 4.84. The van der Waals surface area contributed by atoms with Gasteiger partial charge in [-0.3, -0.25) is 9.48 Å². The minimum Gasteiger partial charge on any atom is -0.348 e. The summed E-state index contributed by atoms with van der Waals surface area (Å²) in [6, 6.07) is 19.0. The van der Waals surface area contributed by atoms with Gasteiger partial charge in [-0.25, -0.2) is 0 Å². The van der Waals surface area contributed by atoms with E-state index in [1.807, 2.05) is 23.9 Å². The van der Waals surface area contributed by atoms with Gasteiger partial charge in [0.15, 0.2) is 0 Å². The summed E-state index contributed by atoms with van der Waals surface area (Å²) in [6.07, 6.45) is 6.82. The van der Waals surface area contributed by atoms with Crippen molar-refractivity contribution in [2.75, 3.05) is 0 Å². The molecule has 36 heavy (non-hydrogen) atoms. The summed E-state index contributed by atoms with van der Waals surface area (Å²) < 4.78 is 4.21. The predicted molar refractivity (Wildman–Crippen MR) is 143 cm³/mol. The topological polar surface area (TPSA) is 77.9 Å². The van der Waals surface area contributed by atoms with Crippen molar-refractivity contribution in [1.82, 2.24) is 19.7 Å². The lowest BCUT2D eigenvalue weighted by Gasteiger charge is -2.13. The molecule has 3 N–H and O–H groups in total. The molecule has 6 heteroatoms. The fraction of sp³-hybridized carbons (Fsp3) is 0.333. The van der Waals surface area contributed by atoms with Crippen LogP contribution in [0.3, 0.4) is 0 Å². The van der Waals surface area contributed by atoms with Crippen molar-refractivity contribution >= 4 is 5.91 Å². The fourth-order valence-electron chi connectivity index (χ4n) is 4.85. The minimum atomic E-state index is -0.128. The molecule has 0 radical (unpaired) electrons. The van der Waals surface area contributed by atoms with Gasteiger partial charge >= 0.3 is 0 Å². The Morgan fingerprint density at radius 1 is 1.00 bits per heavy atom. The van der Waals surface area contributed by atoms with E-state index in [0.29, 0.717) is 6.54 Å². The Morgan fingerprint density at radius 3 is 2.22 bits per heavy atom. The zero-order valence-electron chi connectivity index (χ0n) is 21.4. The molecule has 1 aliphatic carbocycles. The Bertz CT molecular complexity index is 1360. The number of benzene rings is 2. The van der Waals surface area contributed by atoms with E-state index in [9.17, 15) is 4.79 Å². The Kier molecular flexibility index (Phi) is 6.54.